The van der Waals surface area contributed by atoms with E-state index in [2.05, 4.69) is 15.9 Å². The first kappa shape index (κ1) is 12.5. The first-order valence-electron chi connectivity index (χ1n) is 4.82. The van der Waals surface area contributed by atoms with Crippen molar-refractivity contribution in [2.45, 2.75) is 32.2 Å². The van der Waals surface area contributed by atoms with Gasteiger partial charge in [-0.1, -0.05) is 15.9 Å². The summed E-state index contributed by atoms with van der Waals surface area (Å²) >= 11 is 3.34. The summed E-state index contributed by atoms with van der Waals surface area (Å²) in [7, 11) is -1.40. The Morgan fingerprint density at radius 3 is 2.29 bits per heavy atom. The molecule has 0 N–H and O–H groups in total. The van der Waals surface area contributed by atoms with Gasteiger partial charge in [0, 0.05) is 17.9 Å². The zero-order chi connectivity index (χ0) is 11.0. The van der Waals surface area contributed by atoms with Gasteiger partial charge in [0.2, 0.25) is 10.0 Å². The standard InChI is InChI=1S/C9H18BrNO2S/c1-9(2,7-10)11(3)14(12,13)6-8-4-5-8/h8H,4-7H2,1-3H3. The maximum atomic E-state index is 11.9. The molecule has 0 spiro atoms. The predicted octanol–water partition coefficient (Wildman–Crippen LogP) is 1.83. The first-order valence-corrected chi connectivity index (χ1v) is 7.55. The smallest absolute Gasteiger partial charge is 0.212 e. The number of hydrogen-bond acceptors (Lipinski definition) is 2. The third-order valence-corrected chi connectivity index (χ3v) is 6.33. The van der Waals surface area contributed by atoms with Gasteiger partial charge >= 0.3 is 0 Å². The van der Waals surface area contributed by atoms with Crippen LogP contribution in [0.25, 0.3) is 0 Å². The predicted molar refractivity (Wildman–Crippen MR) is 62.1 cm³/mol. The van der Waals surface area contributed by atoms with Crippen molar-refractivity contribution in [1.29, 1.82) is 0 Å². The molecule has 0 aromatic rings. The summed E-state index contributed by atoms with van der Waals surface area (Å²) < 4.78 is 25.3. The van der Waals surface area contributed by atoms with Crippen molar-refractivity contribution >= 4 is 26.0 Å². The molecular weight excluding hydrogens is 266 g/mol. The highest BCUT2D eigenvalue weighted by molar-refractivity contribution is 9.09. The summed E-state index contributed by atoms with van der Waals surface area (Å²) in [6, 6.07) is 0. The van der Waals surface area contributed by atoms with Gasteiger partial charge in [-0.3, -0.25) is 0 Å². The largest absolute Gasteiger partial charge is 0.214 e. The second-order valence-electron chi connectivity index (χ2n) is 4.64. The maximum absolute atomic E-state index is 11.9. The highest BCUT2D eigenvalue weighted by atomic mass is 79.9. The Morgan fingerprint density at radius 2 is 1.93 bits per heavy atom. The van der Waals surface area contributed by atoms with Gasteiger partial charge in [0.15, 0.2) is 0 Å². The SMILES string of the molecule is CN(C(C)(C)CBr)S(=O)(=O)CC1CC1. The van der Waals surface area contributed by atoms with Crippen molar-refractivity contribution in [3.8, 4) is 0 Å². The van der Waals surface area contributed by atoms with Gasteiger partial charge in [-0.25, -0.2) is 8.42 Å². The van der Waals surface area contributed by atoms with E-state index >= 15 is 0 Å². The fourth-order valence-corrected chi connectivity index (χ4v) is 3.67. The summed E-state index contributed by atoms with van der Waals surface area (Å²) in [5.41, 5.74) is -0.340. The lowest BCUT2D eigenvalue weighted by atomic mass is 10.1. The second kappa shape index (κ2) is 4.10. The molecule has 0 bridgehead atoms. The molecule has 1 aliphatic carbocycles. The average Bonchev–Trinajstić information content (AvgIpc) is 2.86. The molecule has 0 atom stereocenters. The number of rotatable bonds is 5. The van der Waals surface area contributed by atoms with Gasteiger partial charge in [-0.2, -0.15) is 4.31 Å². The van der Waals surface area contributed by atoms with E-state index in [0.29, 0.717) is 17.0 Å². The van der Waals surface area contributed by atoms with Crippen LogP contribution in [-0.4, -0.2) is 36.4 Å². The van der Waals surface area contributed by atoms with E-state index < -0.39 is 10.0 Å². The van der Waals surface area contributed by atoms with Crippen LogP contribution in [0.3, 0.4) is 0 Å². The van der Waals surface area contributed by atoms with Crippen LogP contribution in [0.15, 0.2) is 0 Å². The third-order valence-electron chi connectivity index (χ3n) is 2.74. The van der Waals surface area contributed by atoms with Crippen molar-refractivity contribution in [3.63, 3.8) is 0 Å². The van der Waals surface area contributed by atoms with E-state index in [0.717, 1.165) is 12.8 Å². The molecule has 5 heteroatoms. The highest BCUT2D eigenvalue weighted by Gasteiger charge is 2.36. The van der Waals surface area contributed by atoms with Gasteiger partial charge in [0.05, 0.1) is 5.75 Å². The van der Waals surface area contributed by atoms with Crippen molar-refractivity contribution < 1.29 is 8.42 Å². The summed E-state index contributed by atoms with van der Waals surface area (Å²) in [5.74, 6) is 0.730. The Kier molecular flexibility index (Phi) is 3.65. The Balaban J connectivity index is 2.70. The van der Waals surface area contributed by atoms with Crippen LogP contribution in [0.1, 0.15) is 26.7 Å². The van der Waals surface area contributed by atoms with Crippen LogP contribution in [0.2, 0.25) is 0 Å². The summed E-state index contributed by atoms with van der Waals surface area (Å²) in [6.45, 7) is 3.85. The quantitative estimate of drug-likeness (QED) is 0.722. The molecule has 0 aliphatic heterocycles. The Morgan fingerprint density at radius 1 is 1.43 bits per heavy atom. The summed E-state index contributed by atoms with van der Waals surface area (Å²) in [6.07, 6.45) is 2.14. The van der Waals surface area contributed by atoms with Gasteiger partial charge in [-0.15, -0.1) is 0 Å². The molecule has 1 saturated carbocycles. The molecular formula is C9H18BrNO2S. The van der Waals surface area contributed by atoms with Gasteiger partial charge in [-0.05, 0) is 32.6 Å². The first-order chi connectivity index (χ1) is 6.29. The minimum Gasteiger partial charge on any atom is -0.212 e. The number of alkyl halides is 1. The fraction of sp³-hybridized carbons (Fsp3) is 1.00. The molecule has 0 heterocycles. The third kappa shape index (κ3) is 2.94. The molecule has 0 radical (unpaired) electrons. The topological polar surface area (TPSA) is 37.4 Å². The van der Waals surface area contributed by atoms with E-state index in [-0.39, 0.29) is 5.54 Å². The van der Waals surface area contributed by atoms with Gasteiger partial charge in [0.1, 0.15) is 0 Å². The van der Waals surface area contributed by atoms with E-state index in [1.807, 2.05) is 13.8 Å². The second-order valence-corrected chi connectivity index (χ2v) is 7.24. The molecule has 14 heavy (non-hydrogen) atoms. The van der Waals surface area contributed by atoms with Gasteiger partial charge in [0.25, 0.3) is 0 Å². The van der Waals surface area contributed by atoms with Crippen molar-refractivity contribution in [1.82, 2.24) is 4.31 Å². The van der Waals surface area contributed by atoms with E-state index in [1.54, 1.807) is 7.05 Å². The van der Waals surface area contributed by atoms with Crippen LogP contribution in [0, 0.1) is 5.92 Å². The van der Waals surface area contributed by atoms with Crippen LogP contribution in [0.5, 0.6) is 0 Å². The number of hydrogen-bond donors (Lipinski definition) is 0. The van der Waals surface area contributed by atoms with E-state index in [1.165, 1.54) is 4.31 Å². The minimum absolute atomic E-state index is 0.319. The fourth-order valence-electron chi connectivity index (χ4n) is 1.15. The molecule has 3 nitrogen and oxygen atoms in total. The van der Waals surface area contributed by atoms with Crippen molar-refractivity contribution in [2.75, 3.05) is 18.1 Å². The summed E-state index contributed by atoms with van der Waals surface area (Å²) in [5, 5.41) is 0.653. The molecule has 1 rings (SSSR count). The Labute approximate surface area is 95.0 Å². The molecule has 0 unspecified atom stereocenters. The number of nitrogens with zero attached hydrogens (tertiary/aromatic N) is 1. The molecule has 1 aliphatic rings. The molecule has 0 saturated heterocycles. The lowest BCUT2D eigenvalue weighted by molar-refractivity contribution is 0.299. The monoisotopic (exact) mass is 283 g/mol. The maximum Gasteiger partial charge on any atom is 0.214 e. The number of sulfonamides is 1. The van der Waals surface area contributed by atoms with Gasteiger partial charge < -0.3 is 0 Å². The molecule has 0 aromatic carbocycles. The van der Waals surface area contributed by atoms with E-state index in [4.69, 9.17) is 0 Å². The molecule has 0 amide bonds. The van der Waals surface area contributed by atoms with Crippen LogP contribution in [0.4, 0.5) is 0 Å². The van der Waals surface area contributed by atoms with Crippen LogP contribution in [-0.2, 0) is 10.0 Å². The highest BCUT2D eigenvalue weighted by Crippen LogP contribution is 2.32. The van der Waals surface area contributed by atoms with Crippen LogP contribution < -0.4 is 0 Å². The normalized spacial score (nSPS) is 18.9. The van der Waals surface area contributed by atoms with Crippen LogP contribution >= 0.6 is 15.9 Å². The zero-order valence-corrected chi connectivity index (χ0v) is 11.4. The van der Waals surface area contributed by atoms with Crippen molar-refractivity contribution in [3.05, 3.63) is 0 Å². The minimum atomic E-state index is -3.06. The molecule has 0 aromatic heterocycles. The van der Waals surface area contributed by atoms with Crippen molar-refractivity contribution in [2.24, 2.45) is 5.92 Å². The Hall–Kier alpha value is 0.390. The number of halogens is 1. The average molecular weight is 284 g/mol. The lowest BCUT2D eigenvalue weighted by Gasteiger charge is -2.33. The molecule has 1 fully saturated rings. The lowest BCUT2D eigenvalue weighted by Crippen LogP contribution is -2.47. The molecule has 84 valence electrons. The zero-order valence-electron chi connectivity index (χ0n) is 8.96. The Bertz CT molecular complexity index is 296. The van der Waals surface area contributed by atoms with E-state index in [9.17, 15) is 8.42 Å². The summed E-state index contributed by atoms with van der Waals surface area (Å²) in [4.78, 5) is 0.